The predicted molar refractivity (Wildman–Crippen MR) is 318 cm³/mol. The van der Waals surface area contributed by atoms with Gasteiger partial charge in [-0.1, -0.05) is 214 Å². The molecule has 0 saturated carbocycles. The summed E-state index contributed by atoms with van der Waals surface area (Å²) in [4.78, 5) is 5.06. The van der Waals surface area contributed by atoms with Gasteiger partial charge < -0.3 is 9.80 Å². The fraction of sp³-hybridized carbons (Fsp3) is 0.222. The van der Waals surface area contributed by atoms with Gasteiger partial charge >= 0.3 is 0 Å². The molecule has 2 nitrogen and oxygen atoms in total. The lowest BCUT2D eigenvalue weighted by Gasteiger charge is -2.35. The highest BCUT2D eigenvalue weighted by Crippen LogP contribution is 2.57. The van der Waals surface area contributed by atoms with Gasteiger partial charge in [0.25, 0.3) is 0 Å². The lowest BCUT2D eigenvalue weighted by molar-refractivity contribution is 0.766. The Morgan fingerprint density at radius 3 is 0.946 bits per heavy atom. The number of hydrogen-bond donors (Lipinski definition) is 0. The van der Waals surface area contributed by atoms with E-state index in [9.17, 15) is 0 Å². The number of fused-ring (bicyclic) bond motifs is 5. The van der Waals surface area contributed by atoms with Gasteiger partial charge in [0.15, 0.2) is 0 Å². The smallest absolute Gasteiger partial charge is 0.0713 e. The molecule has 0 atom stereocenters. The Balaban J connectivity index is 1.15. The van der Waals surface area contributed by atoms with Crippen molar-refractivity contribution in [2.24, 2.45) is 0 Å². The topological polar surface area (TPSA) is 6.48 Å². The Bertz CT molecular complexity index is 3410. The van der Waals surface area contributed by atoms with E-state index >= 15 is 0 Å². The lowest BCUT2D eigenvalue weighted by Crippen LogP contribution is -2.29. The maximum absolute atomic E-state index is 2.54. The van der Waals surface area contributed by atoms with E-state index in [4.69, 9.17) is 0 Å². The van der Waals surface area contributed by atoms with Crippen molar-refractivity contribution in [1.82, 2.24) is 0 Å². The Morgan fingerprint density at radius 2 is 0.622 bits per heavy atom. The van der Waals surface area contributed by atoms with Crippen LogP contribution in [-0.4, -0.2) is 0 Å². The minimum Gasteiger partial charge on any atom is -0.309 e. The highest BCUT2D eigenvalue weighted by Gasteiger charge is 2.46. The average molecular weight is 963 g/mol. The van der Waals surface area contributed by atoms with Gasteiger partial charge in [-0.15, -0.1) is 0 Å². The summed E-state index contributed by atoms with van der Waals surface area (Å²) < 4.78 is 0. The van der Waals surface area contributed by atoms with Crippen LogP contribution in [0.3, 0.4) is 0 Å². The highest BCUT2D eigenvalue weighted by molar-refractivity contribution is 6.23. The minimum atomic E-state index is -0.506. The summed E-state index contributed by atoms with van der Waals surface area (Å²) in [6.07, 6.45) is 10.3. The standard InChI is InChI=1S/C72H70N2/c1-7-10-17-53-28-38-58(39-29-53)73(59-40-30-54(31-41-59)18-11-8-2)70-64-20-13-15-22-66(64)71(67-23-16-14-21-65(67)70)74(60-42-32-55(33-43-60)19-12-9-3)61-44-36-57(37-45-61)72(56-34-24-50(4)25-35-56)68-48-51(5)26-46-62(68)63-47-27-52(6)49-69(63)72/h13-16,20-49H,7-12,17-19H2,1-6H3. The molecule has 0 heterocycles. The fourth-order valence-corrected chi connectivity index (χ4v) is 12.0. The fourth-order valence-electron chi connectivity index (χ4n) is 12.0. The molecule has 0 amide bonds. The third-order valence-electron chi connectivity index (χ3n) is 15.9. The van der Waals surface area contributed by atoms with Crippen LogP contribution < -0.4 is 9.80 Å². The maximum Gasteiger partial charge on any atom is 0.0713 e. The number of anilines is 6. The van der Waals surface area contributed by atoms with Crippen LogP contribution in [0.4, 0.5) is 34.1 Å². The van der Waals surface area contributed by atoms with Gasteiger partial charge in [-0.05, 0) is 158 Å². The summed E-state index contributed by atoms with van der Waals surface area (Å²) in [5, 5.41) is 4.81. The summed E-state index contributed by atoms with van der Waals surface area (Å²) in [6.45, 7) is 13.5. The first-order chi connectivity index (χ1) is 36.3. The van der Waals surface area contributed by atoms with Gasteiger partial charge in [0, 0.05) is 44.3 Å². The third-order valence-corrected chi connectivity index (χ3v) is 15.9. The van der Waals surface area contributed by atoms with Crippen molar-refractivity contribution >= 4 is 55.7 Å². The number of unbranched alkanes of at least 4 members (excludes halogenated alkanes) is 3. The predicted octanol–water partition coefficient (Wildman–Crippen LogP) is 20.2. The first kappa shape index (κ1) is 48.6. The van der Waals surface area contributed by atoms with E-state index in [0.29, 0.717) is 0 Å². The number of aryl methyl sites for hydroxylation is 6. The van der Waals surface area contributed by atoms with Gasteiger partial charge in [0.1, 0.15) is 0 Å². The zero-order valence-electron chi connectivity index (χ0n) is 44.4. The van der Waals surface area contributed by atoms with E-state index in [0.717, 1.165) is 42.0 Å². The Morgan fingerprint density at radius 1 is 0.324 bits per heavy atom. The Hall–Kier alpha value is -7.68. The molecule has 0 radical (unpaired) electrons. The highest BCUT2D eigenvalue weighted by atomic mass is 15.2. The number of benzene rings is 10. The molecule has 0 aliphatic heterocycles. The van der Waals surface area contributed by atoms with Crippen LogP contribution in [-0.2, 0) is 24.7 Å². The molecule has 10 aromatic carbocycles. The third kappa shape index (κ3) is 8.89. The molecule has 0 saturated heterocycles. The van der Waals surface area contributed by atoms with Crippen LogP contribution in [0.1, 0.15) is 115 Å². The molecule has 2 heteroatoms. The molecule has 1 aliphatic carbocycles. The van der Waals surface area contributed by atoms with Gasteiger partial charge in [0.2, 0.25) is 0 Å². The summed E-state index contributed by atoms with van der Waals surface area (Å²) >= 11 is 0. The molecule has 368 valence electrons. The quantitative estimate of drug-likeness (QED) is 0.0663. The second-order valence-corrected chi connectivity index (χ2v) is 21.0. The molecule has 0 N–H and O–H groups in total. The van der Waals surface area contributed by atoms with Gasteiger partial charge in [-0.25, -0.2) is 0 Å². The summed E-state index contributed by atoms with van der Waals surface area (Å²) in [5.41, 5.74) is 22.2. The molecule has 11 rings (SSSR count). The summed E-state index contributed by atoms with van der Waals surface area (Å²) in [7, 11) is 0. The molecular weight excluding hydrogens is 893 g/mol. The van der Waals surface area contributed by atoms with Crippen LogP contribution in [0.15, 0.2) is 206 Å². The van der Waals surface area contributed by atoms with Gasteiger partial charge in [-0.3, -0.25) is 0 Å². The van der Waals surface area contributed by atoms with Crippen molar-refractivity contribution in [3.8, 4) is 11.1 Å². The molecule has 0 bridgehead atoms. The first-order valence-corrected chi connectivity index (χ1v) is 27.5. The molecule has 0 unspecified atom stereocenters. The molecule has 0 aromatic heterocycles. The van der Waals surface area contributed by atoms with Crippen LogP contribution in [0.2, 0.25) is 0 Å². The van der Waals surface area contributed by atoms with E-state index in [1.807, 2.05) is 0 Å². The SMILES string of the molecule is CCCCc1ccc(N(c2ccc(CCCC)cc2)c2c3ccccc3c(N(c3ccc(CCCC)cc3)c3ccc(C4(c5ccc(C)cc5)c5cc(C)ccc5-c5ccc(C)cc54)cc3)c3ccccc23)cc1. The largest absolute Gasteiger partial charge is 0.309 e. The number of rotatable bonds is 17. The van der Waals surface area contributed by atoms with Crippen molar-refractivity contribution < 1.29 is 0 Å². The second kappa shape index (κ2) is 21.0. The van der Waals surface area contributed by atoms with Crippen LogP contribution in [0.25, 0.3) is 32.7 Å². The first-order valence-electron chi connectivity index (χ1n) is 27.5. The van der Waals surface area contributed by atoms with E-state index in [2.05, 4.69) is 258 Å². The van der Waals surface area contributed by atoms with Gasteiger partial charge in [0.05, 0.1) is 16.8 Å². The summed E-state index contributed by atoms with van der Waals surface area (Å²) in [5.74, 6) is 0. The Kier molecular flexibility index (Phi) is 13.8. The molecule has 0 spiro atoms. The van der Waals surface area contributed by atoms with Crippen LogP contribution in [0.5, 0.6) is 0 Å². The zero-order chi connectivity index (χ0) is 50.8. The van der Waals surface area contributed by atoms with E-state index < -0.39 is 5.41 Å². The van der Waals surface area contributed by atoms with Crippen molar-refractivity contribution in [3.05, 3.63) is 262 Å². The van der Waals surface area contributed by atoms with E-state index in [1.54, 1.807) is 0 Å². The van der Waals surface area contributed by atoms with Crippen molar-refractivity contribution in [2.45, 2.75) is 105 Å². The van der Waals surface area contributed by atoms with Gasteiger partial charge in [-0.2, -0.15) is 0 Å². The number of hydrogen-bond acceptors (Lipinski definition) is 2. The molecular formula is C72H70N2. The Labute approximate surface area is 441 Å². The molecule has 74 heavy (non-hydrogen) atoms. The lowest BCUT2D eigenvalue weighted by atomic mass is 9.67. The maximum atomic E-state index is 2.54. The zero-order valence-corrected chi connectivity index (χ0v) is 44.4. The van der Waals surface area contributed by atoms with E-state index in [1.165, 1.54) is 138 Å². The monoisotopic (exact) mass is 963 g/mol. The van der Waals surface area contributed by atoms with Crippen LogP contribution >= 0.6 is 0 Å². The molecule has 10 aromatic rings. The van der Waals surface area contributed by atoms with Crippen molar-refractivity contribution in [2.75, 3.05) is 9.80 Å². The molecule has 0 fully saturated rings. The van der Waals surface area contributed by atoms with E-state index in [-0.39, 0.29) is 0 Å². The normalized spacial score (nSPS) is 12.5. The number of nitrogens with zero attached hydrogens (tertiary/aromatic N) is 2. The second-order valence-electron chi connectivity index (χ2n) is 21.0. The van der Waals surface area contributed by atoms with Crippen LogP contribution in [0, 0.1) is 20.8 Å². The minimum absolute atomic E-state index is 0.506. The van der Waals surface area contributed by atoms with Crippen molar-refractivity contribution in [1.29, 1.82) is 0 Å². The van der Waals surface area contributed by atoms with Crippen molar-refractivity contribution in [3.63, 3.8) is 0 Å². The summed E-state index contributed by atoms with van der Waals surface area (Å²) in [6, 6.07) is 79.5. The average Bonchev–Trinajstić information content (AvgIpc) is 3.72. The molecule has 1 aliphatic rings.